The van der Waals surface area contributed by atoms with E-state index in [1.807, 2.05) is 18.2 Å². The maximum Gasteiger partial charge on any atom is 0.255 e. The minimum Gasteiger partial charge on any atom is -0.356 e. The summed E-state index contributed by atoms with van der Waals surface area (Å²) in [4.78, 5) is 40.2. The van der Waals surface area contributed by atoms with Crippen LogP contribution in [0.1, 0.15) is 47.5 Å². The van der Waals surface area contributed by atoms with Crippen LogP contribution in [0.15, 0.2) is 67.0 Å². The van der Waals surface area contributed by atoms with E-state index in [4.69, 9.17) is 11.6 Å². The van der Waals surface area contributed by atoms with Crippen molar-refractivity contribution in [3.05, 3.63) is 83.1 Å². The quantitative estimate of drug-likeness (QED) is 0.566. The van der Waals surface area contributed by atoms with E-state index >= 15 is 0 Å². The van der Waals surface area contributed by atoms with Crippen LogP contribution in [0.4, 0.5) is 0 Å². The van der Waals surface area contributed by atoms with E-state index in [-0.39, 0.29) is 30.2 Å². The van der Waals surface area contributed by atoms with Gasteiger partial charge in [0.1, 0.15) is 0 Å². The van der Waals surface area contributed by atoms with Crippen molar-refractivity contribution in [1.82, 2.24) is 25.3 Å². The highest BCUT2D eigenvalue weighted by molar-refractivity contribution is 6.34. The second kappa shape index (κ2) is 12.4. The van der Waals surface area contributed by atoms with Gasteiger partial charge in [0.25, 0.3) is 5.91 Å². The molecule has 0 aliphatic carbocycles. The topological polar surface area (TPSA) is 96.3 Å². The van der Waals surface area contributed by atoms with Crippen LogP contribution in [0.2, 0.25) is 5.02 Å². The molecule has 1 fully saturated rings. The molecule has 1 unspecified atom stereocenters. The molecule has 1 aliphatic heterocycles. The third-order valence-electron chi connectivity index (χ3n) is 6.30. The summed E-state index contributed by atoms with van der Waals surface area (Å²) in [6, 6.07) is 16.9. The first-order chi connectivity index (χ1) is 17.5. The summed E-state index contributed by atoms with van der Waals surface area (Å²) in [7, 11) is 0. The Hall–Kier alpha value is -3.65. The van der Waals surface area contributed by atoms with Crippen LogP contribution >= 0.6 is 11.6 Å². The van der Waals surface area contributed by atoms with Crippen molar-refractivity contribution in [2.45, 2.75) is 31.6 Å². The molecule has 3 amide bonds. The number of benzene rings is 2. The lowest BCUT2D eigenvalue weighted by molar-refractivity contribution is -0.123. The van der Waals surface area contributed by atoms with Crippen molar-refractivity contribution < 1.29 is 14.4 Å². The Balaban J connectivity index is 1.49. The lowest BCUT2D eigenvalue weighted by atomic mass is 9.91. The number of hydrogen-bond acceptors (Lipinski definition) is 4. The second-order valence-corrected chi connectivity index (χ2v) is 9.24. The van der Waals surface area contributed by atoms with Crippen LogP contribution in [0.25, 0.3) is 5.69 Å². The molecule has 0 saturated carbocycles. The Morgan fingerprint density at radius 3 is 2.56 bits per heavy atom. The van der Waals surface area contributed by atoms with Crippen molar-refractivity contribution in [2.24, 2.45) is 0 Å². The number of aromatic nitrogens is 2. The Bertz CT molecular complexity index is 1180. The molecule has 188 valence electrons. The van der Waals surface area contributed by atoms with E-state index in [9.17, 15) is 14.4 Å². The molecule has 1 saturated heterocycles. The van der Waals surface area contributed by atoms with Gasteiger partial charge in [-0.2, -0.15) is 5.10 Å². The summed E-state index contributed by atoms with van der Waals surface area (Å²) in [6.45, 7) is 1.09. The molecule has 2 heterocycles. The summed E-state index contributed by atoms with van der Waals surface area (Å²) in [5.74, 6) is -0.424. The summed E-state index contributed by atoms with van der Waals surface area (Å²) in [5, 5.41) is 10.4. The maximum atomic E-state index is 13.5. The molecule has 4 rings (SSSR count). The van der Waals surface area contributed by atoms with Crippen LogP contribution in [-0.4, -0.2) is 58.6 Å². The largest absolute Gasteiger partial charge is 0.356 e. The standard InChI is InChI=1S/C27H30ClN5O3/c28-24-10-9-22(33-17-5-14-31-33)18-23(24)27(36)32-16-4-13-29-25(34)11-8-21(12-15-30-26(35)19-32)20-6-2-1-3-7-20/h1-3,5-7,9-10,14,17-18,21H,4,8,11-13,15-16,19H2,(H,29,34)(H,30,35). The highest BCUT2D eigenvalue weighted by Crippen LogP contribution is 2.25. The van der Waals surface area contributed by atoms with Gasteiger partial charge in [-0.25, -0.2) is 4.68 Å². The minimum atomic E-state index is -0.343. The Labute approximate surface area is 215 Å². The predicted octanol–water partition coefficient (Wildman–Crippen LogP) is 3.56. The molecule has 1 atom stereocenters. The Kier molecular flexibility index (Phi) is 8.73. The zero-order valence-electron chi connectivity index (χ0n) is 20.0. The first-order valence-corrected chi connectivity index (χ1v) is 12.6. The molecule has 1 aliphatic rings. The fourth-order valence-electron chi connectivity index (χ4n) is 4.37. The monoisotopic (exact) mass is 507 g/mol. The number of halogens is 1. The zero-order valence-corrected chi connectivity index (χ0v) is 20.8. The smallest absolute Gasteiger partial charge is 0.255 e. The van der Waals surface area contributed by atoms with Gasteiger partial charge in [0.15, 0.2) is 0 Å². The van der Waals surface area contributed by atoms with Gasteiger partial charge < -0.3 is 15.5 Å². The molecule has 0 radical (unpaired) electrons. The zero-order chi connectivity index (χ0) is 25.3. The molecule has 3 aromatic rings. The fourth-order valence-corrected chi connectivity index (χ4v) is 4.57. The third-order valence-corrected chi connectivity index (χ3v) is 6.63. The Morgan fingerprint density at radius 2 is 1.78 bits per heavy atom. The number of carbonyl (C=O) groups excluding carboxylic acids is 3. The average Bonchev–Trinajstić information content (AvgIpc) is 3.43. The van der Waals surface area contributed by atoms with Gasteiger partial charge in [0.2, 0.25) is 11.8 Å². The van der Waals surface area contributed by atoms with Crippen LogP contribution in [0, 0.1) is 0 Å². The van der Waals surface area contributed by atoms with Crippen molar-refractivity contribution in [3.63, 3.8) is 0 Å². The van der Waals surface area contributed by atoms with Crippen molar-refractivity contribution in [1.29, 1.82) is 0 Å². The van der Waals surface area contributed by atoms with Gasteiger partial charge in [-0.15, -0.1) is 0 Å². The average molecular weight is 508 g/mol. The molecule has 2 N–H and O–H groups in total. The minimum absolute atomic E-state index is 0.00938. The fraction of sp³-hybridized carbons (Fsp3) is 0.333. The molecule has 1 aromatic heterocycles. The van der Waals surface area contributed by atoms with E-state index in [1.165, 1.54) is 4.90 Å². The second-order valence-electron chi connectivity index (χ2n) is 8.83. The summed E-state index contributed by atoms with van der Waals surface area (Å²) < 4.78 is 1.64. The van der Waals surface area contributed by atoms with E-state index in [2.05, 4.69) is 27.9 Å². The number of rotatable bonds is 3. The molecule has 9 heteroatoms. The van der Waals surface area contributed by atoms with Crippen molar-refractivity contribution in [2.75, 3.05) is 26.2 Å². The summed E-state index contributed by atoms with van der Waals surface area (Å²) in [5.41, 5.74) is 2.14. The molecule has 2 aromatic carbocycles. The normalized spacial score (nSPS) is 18.1. The maximum absolute atomic E-state index is 13.5. The van der Waals surface area contributed by atoms with Gasteiger partial charge in [-0.1, -0.05) is 41.9 Å². The third kappa shape index (κ3) is 6.73. The van der Waals surface area contributed by atoms with Crippen molar-refractivity contribution >= 4 is 29.3 Å². The van der Waals surface area contributed by atoms with E-state index < -0.39 is 0 Å². The molecule has 8 nitrogen and oxygen atoms in total. The molecular weight excluding hydrogens is 478 g/mol. The predicted molar refractivity (Wildman–Crippen MR) is 138 cm³/mol. The number of amides is 3. The summed E-state index contributed by atoms with van der Waals surface area (Å²) in [6.07, 6.45) is 5.77. The number of hydrogen-bond donors (Lipinski definition) is 2. The first kappa shape index (κ1) is 25.4. The highest BCUT2D eigenvalue weighted by atomic mass is 35.5. The van der Waals surface area contributed by atoms with Gasteiger partial charge in [-0.05, 0) is 55.0 Å². The molecule has 36 heavy (non-hydrogen) atoms. The van der Waals surface area contributed by atoms with Gasteiger partial charge >= 0.3 is 0 Å². The summed E-state index contributed by atoms with van der Waals surface area (Å²) >= 11 is 6.39. The van der Waals surface area contributed by atoms with Gasteiger partial charge in [-0.3, -0.25) is 14.4 Å². The first-order valence-electron chi connectivity index (χ1n) is 12.2. The number of carbonyl (C=O) groups is 3. The van der Waals surface area contributed by atoms with E-state index in [0.29, 0.717) is 61.6 Å². The lowest BCUT2D eigenvalue weighted by Crippen LogP contribution is -2.42. The molecule has 0 bridgehead atoms. The van der Waals surface area contributed by atoms with Crippen LogP contribution in [0.3, 0.4) is 0 Å². The van der Waals surface area contributed by atoms with Gasteiger partial charge in [0.05, 0.1) is 22.8 Å². The van der Waals surface area contributed by atoms with Crippen LogP contribution < -0.4 is 10.6 Å². The Morgan fingerprint density at radius 1 is 0.972 bits per heavy atom. The highest BCUT2D eigenvalue weighted by Gasteiger charge is 2.22. The van der Waals surface area contributed by atoms with Crippen LogP contribution in [0.5, 0.6) is 0 Å². The molecular formula is C27H30ClN5O3. The van der Waals surface area contributed by atoms with Crippen LogP contribution in [-0.2, 0) is 9.59 Å². The van der Waals surface area contributed by atoms with Gasteiger partial charge in [0, 0.05) is 38.4 Å². The van der Waals surface area contributed by atoms with E-state index in [1.54, 1.807) is 41.3 Å². The lowest BCUT2D eigenvalue weighted by Gasteiger charge is -2.24. The van der Waals surface area contributed by atoms with Crippen molar-refractivity contribution in [3.8, 4) is 5.69 Å². The number of nitrogens with zero attached hydrogens (tertiary/aromatic N) is 3. The number of nitrogens with one attached hydrogen (secondary N) is 2. The molecule has 0 spiro atoms. The van der Waals surface area contributed by atoms with E-state index in [0.717, 1.165) is 5.56 Å². The SMILES string of the molecule is O=C1CCC(c2ccccc2)CCNC(=O)CN(C(=O)c2cc(-n3cccn3)ccc2Cl)CCCN1.